The molecule has 24 heavy (non-hydrogen) atoms. The number of sulfone groups is 1. The zero-order valence-corrected chi connectivity index (χ0v) is 14.9. The third-order valence-electron chi connectivity index (χ3n) is 4.65. The van der Waals surface area contributed by atoms with Crippen molar-refractivity contribution in [2.75, 3.05) is 26.3 Å². The van der Waals surface area contributed by atoms with Crippen LogP contribution >= 0.6 is 0 Å². The fourth-order valence-corrected chi connectivity index (χ4v) is 4.97. The maximum atomic E-state index is 13.4. The maximum Gasteiger partial charge on any atom is 0.237 e. The molecule has 2 rings (SSSR count). The van der Waals surface area contributed by atoms with Crippen LogP contribution in [0.5, 0.6) is 0 Å². The predicted octanol–water partition coefficient (Wildman–Crippen LogP) is 0.241. The van der Waals surface area contributed by atoms with E-state index in [-0.39, 0.29) is 32.1 Å². The molecule has 0 aromatic rings. The Morgan fingerprint density at radius 3 is 2.79 bits per heavy atom. The summed E-state index contributed by atoms with van der Waals surface area (Å²) >= 11 is 0. The number of nitrogens with zero attached hydrogens (tertiary/aromatic N) is 3. The van der Waals surface area contributed by atoms with Gasteiger partial charge in [-0.2, -0.15) is 5.26 Å². The smallest absolute Gasteiger partial charge is 0.237 e. The van der Waals surface area contributed by atoms with Crippen molar-refractivity contribution in [3.8, 4) is 6.07 Å². The van der Waals surface area contributed by atoms with E-state index in [9.17, 15) is 17.6 Å². The van der Waals surface area contributed by atoms with Crippen LogP contribution < -0.4 is 5.32 Å². The van der Waals surface area contributed by atoms with Gasteiger partial charge in [-0.3, -0.25) is 15.0 Å². The molecular formula is C15H25FN4O3S. The van der Waals surface area contributed by atoms with Crippen LogP contribution in [0.1, 0.15) is 33.1 Å². The number of nitrogens with one attached hydrogen (secondary N) is 1. The highest BCUT2D eigenvalue weighted by Gasteiger charge is 2.38. The Hall–Kier alpha value is -1.24. The van der Waals surface area contributed by atoms with Gasteiger partial charge in [0.25, 0.3) is 0 Å². The highest BCUT2D eigenvalue weighted by Crippen LogP contribution is 2.24. The number of likely N-dealkylation sites (tertiary alicyclic amines) is 2. The van der Waals surface area contributed by atoms with Crippen molar-refractivity contribution in [3.63, 3.8) is 0 Å². The fourth-order valence-electron chi connectivity index (χ4n) is 3.25. The Labute approximate surface area is 142 Å². The van der Waals surface area contributed by atoms with Crippen molar-refractivity contribution in [2.45, 2.75) is 55.9 Å². The summed E-state index contributed by atoms with van der Waals surface area (Å²) in [6, 6.07) is 1.23. The number of hydrogen-bond donors (Lipinski definition) is 1. The van der Waals surface area contributed by atoms with Crippen LogP contribution in [0, 0.1) is 11.3 Å². The molecule has 0 unspecified atom stereocenters. The molecule has 7 nitrogen and oxygen atoms in total. The van der Waals surface area contributed by atoms with Gasteiger partial charge in [-0.05, 0) is 26.7 Å². The lowest BCUT2D eigenvalue weighted by Crippen LogP contribution is -2.47. The van der Waals surface area contributed by atoms with E-state index in [0.29, 0.717) is 13.0 Å². The molecule has 2 saturated heterocycles. The Morgan fingerprint density at radius 1 is 1.46 bits per heavy atom. The average molecular weight is 360 g/mol. The Kier molecular flexibility index (Phi) is 6.17. The van der Waals surface area contributed by atoms with Crippen molar-refractivity contribution >= 4 is 15.7 Å². The minimum atomic E-state index is -3.21. The van der Waals surface area contributed by atoms with Crippen LogP contribution in [-0.4, -0.2) is 73.3 Å². The number of amides is 1. The quantitative estimate of drug-likeness (QED) is 0.729. The van der Waals surface area contributed by atoms with Crippen LogP contribution in [0.25, 0.3) is 0 Å². The number of carbonyl (C=O) groups excluding carboxylic acids is 1. The summed E-state index contributed by atoms with van der Waals surface area (Å²) < 4.78 is 38.0. The number of carbonyl (C=O) groups is 1. The summed E-state index contributed by atoms with van der Waals surface area (Å²) in [5, 5.41) is 11.0. The summed E-state index contributed by atoms with van der Waals surface area (Å²) in [6.07, 6.45) is 0.307. The zero-order chi connectivity index (χ0) is 17.9. The zero-order valence-electron chi connectivity index (χ0n) is 14.1. The van der Waals surface area contributed by atoms with E-state index in [1.165, 1.54) is 4.90 Å². The Balaban J connectivity index is 1.85. The SMILES string of the molecule is CC(C)S(=O)(=O)[C@@H]1CCCN1CNCC(=O)N1C[C@@H](F)C[C@H]1C#N. The monoisotopic (exact) mass is 360 g/mol. The van der Waals surface area contributed by atoms with Gasteiger partial charge in [0.2, 0.25) is 5.91 Å². The third kappa shape index (κ3) is 4.05. The van der Waals surface area contributed by atoms with Gasteiger partial charge in [0.1, 0.15) is 17.6 Å². The molecule has 0 radical (unpaired) electrons. The van der Waals surface area contributed by atoms with E-state index in [1.54, 1.807) is 13.8 Å². The molecule has 0 spiro atoms. The molecule has 0 aliphatic carbocycles. The molecule has 0 aromatic heterocycles. The molecule has 0 saturated carbocycles. The van der Waals surface area contributed by atoms with Gasteiger partial charge >= 0.3 is 0 Å². The van der Waals surface area contributed by atoms with Gasteiger partial charge in [-0.1, -0.05) is 0 Å². The Morgan fingerprint density at radius 2 is 2.17 bits per heavy atom. The number of hydrogen-bond acceptors (Lipinski definition) is 6. The minimum absolute atomic E-state index is 0.0319. The lowest BCUT2D eigenvalue weighted by molar-refractivity contribution is -0.130. The van der Waals surface area contributed by atoms with Gasteiger partial charge in [-0.15, -0.1) is 0 Å². The van der Waals surface area contributed by atoms with E-state index in [4.69, 9.17) is 5.26 Å². The van der Waals surface area contributed by atoms with Gasteiger partial charge in [0.05, 0.1) is 24.4 Å². The van der Waals surface area contributed by atoms with E-state index < -0.39 is 32.7 Å². The van der Waals surface area contributed by atoms with Crippen LogP contribution in [0.2, 0.25) is 0 Å². The van der Waals surface area contributed by atoms with Gasteiger partial charge in [0, 0.05) is 19.6 Å². The summed E-state index contributed by atoms with van der Waals surface area (Å²) in [5.41, 5.74) is 0. The van der Waals surface area contributed by atoms with Crippen molar-refractivity contribution in [2.24, 2.45) is 0 Å². The second kappa shape index (κ2) is 7.76. The number of nitriles is 1. The van der Waals surface area contributed by atoms with Crippen LogP contribution in [0.4, 0.5) is 4.39 Å². The lowest BCUT2D eigenvalue weighted by Gasteiger charge is -2.26. The van der Waals surface area contributed by atoms with E-state index >= 15 is 0 Å². The van der Waals surface area contributed by atoms with Crippen molar-refractivity contribution in [1.82, 2.24) is 15.1 Å². The summed E-state index contributed by atoms with van der Waals surface area (Å²) in [5.74, 6) is -0.329. The molecule has 9 heteroatoms. The standard InChI is InChI=1S/C15H25FN4O3S/c1-11(2)24(22,23)15-4-3-5-19(15)10-18-8-14(21)20-9-12(16)6-13(20)7-17/h11-13,15,18H,3-6,8-10H2,1-2H3/t12-,13-,15+/m0/s1. The molecule has 2 aliphatic heterocycles. The van der Waals surface area contributed by atoms with E-state index in [0.717, 1.165) is 6.42 Å². The number of rotatable bonds is 6. The number of alkyl halides is 1. The normalized spacial score (nSPS) is 28.5. The van der Waals surface area contributed by atoms with E-state index in [1.807, 2.05) is 11.0 Å². The van der Waals surface area contributed by atoms with Crippen molar-refractivity contribution in [1.29, 1.82) is 5.26 Å². The van der Waals surface area contributed by atoms with Crippen molar-refractivity contribution < 1.29 is 17.6 Å². The van der Waals surface area contributed by atoms with Gasteiger partial charge < -0.3 is 4.90 Å². The molecular weight excluding hydrogens is 335 g/mol. The Bertz CT molecular complexity index is 604. The van der Waals surface area contributed by atoms with Crippen LogP contribution in [0.3, 0.4) is 0 Å². The summed E-state index contributed by atoms with van der Waals surface area (Å²) in [7, 11) is -3.21. The highest BCUT2D eigenvalue weighted by atomic mass is 32.2. The molecule has 136 valence electrons. The molecule has 2 fully saturated rings. The fraction of sp³-hybridized carbons (Fsp3) is 0.867. The minimum Gasteiger partial charge on any atom is -0.323 e. The first-order chi connectivity index (χ1) is 11.3. The number of halogens is 1. The van der Waals surface area contributed by atoms with Gasteiger partial charge in [-0.25, -0.2) is 12.8 Å². The predicted molar refractivity (Wildman–Crippen MR) is 87.3 cm³/mol. The first-order valence-electron chi connectivity index (χ1n) is 8.28. The molecule has 2 aliphatic rings. The first kappa shape index (κ1) is 19.1. The second-order valence-electron chi connectivity index (χ2n) is 6.66. The molecule has 3 atom stereocenters. The molecule has 0 bridgehead atoms. The van der Waals surface area contributed by atoms with Crippen LogP contribution in [0.15, 0.2) is 0 Å². The first-order valence-corrected chi connectivity index (χ1v) is 9.89. The molecule has 1 amide bonds. The lowest BCUT2D eigenvalue weighted by atomic mass is 10.2. The summed E-state index contributed by atoms with van der Waals surface area (Å²) in [6.45, 7) is 4.21. The third-order valence-corrected chi connectivity index (χ3v) is 7.26. The topological polar surface area (TPSA) is 93.5 Å². The highest BCUT2D eigenvalue weighted by molar-refractivity contribution is 7.92. The molecule has 2 heterocycles. The van der Waals surface area contributed by atoms with Gasteiger partial charge in [0.15, 0.2) is 9.84 Å². The molecule has 1 N–H and O–H groups in total. The van der Waals surface area contributed by atoms with Crippen molar-refractivity contribution in [3.05, 3.63) is 0 Å². The average Bonchev–Trinajstić information content (AvgIpc) is 3.13. The maximum absolute atomic E-state index is 13.4. The van der Waals surface area contributed by atoms with Crippen LogP contribution in [-0.2, 0) is 14.6 Å². The molecule has 0 aromatic carbocycles. The largest absolute Gasteiger partial charge is 0.323 e. The van der Waals surface area contributed by atoms with E-state index in [2.05, 4.69) is 5.32 Å². The summed E-state index contributed by atoms with van der Waals surface area (Å²) in [4.78, 5) is 15.2. The second-order valence-corrected chi connectivity index (χ2v) is 9.32.